The molecule has 2 heterocycles. The van der Waals surface area contributed by atoms with Crippen LogP contribution in [0.15, 0.2) is 69.2 Å². The van der Waals surface area contributed by atoms with Crippen molar-refractivity contribution in [3.8, 4) is 22.0 Å². The largest absolute Gasteiger partial charge is 0.421 e. The average molecular weight is 323 g/mol. The van der Waals surface area contributed by atoms with E-state index in [1.807, 2.05) is 12.1 Å². The lowest BCUT2D eigenvalue weighted by molar-refractivity contribution is 0.533. The molecule has 112 valence electrons. The first-order valence-corrected chi connectivity index (χ1v) is 7.83. The molecule has 4 aromatic rings. The Bertz CT molecular complexity index is 1070. The molecule has 0 unspecified atom stereocenters. The summed E-state index contributed by atoms with van der Waals surface area (Å²) in [5, 5.41) is 3.82. The number of nitrogens with zero attached hydrogens (tertiary/aromatic N) is 1. The van der Waals surface area contributed by atoms with Gasteiger partial charge in [0.2, 0.25) is 0 Å². The van der Waals surface area contributed by atoms with Gasteiger partial charge >= 0.3 is 5.63 Å². The highest BCUT2D eigenvalue weighted by Gasteiger charge is 2.11. The SMILES string of the molecule is O=c1oc(-c2csc(-c3cccc(F)c3)n2)cc2ccccc12. The van der Waals surface area contributed by atoms with Crippen LogP contribution in [0.3, 0.4) is 0 Å². The molecular formula is C18H10FNO2S. The molecule has 2 aromatic carbocycles. The second-order valence-electron chi connectivity index (χ2n) is 5.03. The molecule has 0 bridgehead atoms. The van der Waals surface area contributed by atoms with E-state index in [-0.39, 0.29) is 5.82 Å². The van der Waals surface area contributed by atoms with E-state index in [9.17, 15) is 9.18 Å². The molecule has 0 aliphatic rings. The summed E-state index contributed by atoms with van der Waals surface area (Å²) in [6.45, 7) is 0. The van der Waals surface area contributed by atoms with E-state index in [0.717, 1.165) is 5.39 Å². The van der Waals surface area contributed by atoms with E-state index in [4.69, 9.17) is 4.42 Å². The van der Waals surface area contributed by atoms with Gasteiger partial charge in [-0.25, -0.2) is 14.2 Å². The third-order valence-corrected chi connectivity index (χ3v) is 4.39. The van der Waals surface area contributed by atoms with E-state index in [1.54, 1.807) is 35.7 Å². The minimum absolute atomic E-state index is 0.309. The molecule has 0 amide bonds. The summed E-state index contributed by atoms with van der Waals surface area (Å²) in [6.07, 6.45) is 0. The summed E-state index contributed by atoms with van der Waals surface area (Å²) in [5.41, 5.74) is 0.875. The monoisotopic (exact) mass is 323 g/mol. The summed E-state index contributed by atoms with van der Waals surface area (Å²) in [4.78, 5) is 16.5. The van der Waals surface area contributed by atoms with Gasteiger partial charge in [-0.2, -0.15) is 0 Å². The second kappa shape index (κ2) is 5.44. The molecule has 0 saturated heterocycles. The van der Waals surface area contributed by atoms with Crippen LogP contribution in [-0.2, 0) is 0 Å². The number of halogens is 1. The molecule has 0 N–H and O–H groups in total. The first kappa shape index (κ1) is 13.8. The van der Waals surface area contributed by atoms with Crippen LogP contribution in [0.1, 0.15) is 0 Å². The Kier molecular flexibility index (Phi) is 3.28. The van der Waals surface area contributed by atoms with Crippen molar-refractivity contribution in [3.63, 3.8) is 0 Å². The van der Waals surface area contributed by atoms with Gasteiger partial charge < -0.3 is 4.42 Å². The summed E-state index contributed by atoms with van der Waals surface area (Å²) >= 11 is 1.38. The average Bonchev–Trinajstić information content (AvgIpc) is 3.05. The lowest BCUT2D eigenvalue weighted by atomic mass is 10.1. The molecule has 4 rings (SSSR count). The Morgan fingerprint density at radius 1 is 1.04 bits per heavy atom. The van der Waals surface area contributed by atoms with E-state index in [0.29, 0.717) is 27.4 Å². The summed E-state index contributed by atoms with van der Waals surface area (Å²) in [5.74, 6) is 0.101. The summed E-state index contributed by atoms with van der Waals surface area (Å²) < 4.78 is 18.7. The Hall–Kier alpha value is -2.79. The lowest BCUT2D eigenvalue weighted by Gasteiger charge is -1.99. The van der Waals surface area contributed by atoms with Gasteiger partial charge in [-0.3, -0.25) is 0 Å². The predicted molar refractivity (Wildman–Crippen MR) is 89.0 cm³/mol. The summed E-state index contributed by atoms with van der Waals surface area (Å²) in [7, 11) is 0. The molecule has 2 aromatic heterocycles. The third kappa shape index (κ3) is 2.55. The number of aromatic nitrogens is 1. The zero-order chi connectivity index (χ0) is 15.8. The molecule has 0 saturated carbocycles. The van der Waals surface area contributed by atoms with Crippen molar-refractivity contribution >= 4 is 22.1 Å². The highest BCUT2D eigenvalue weighted by atomic mass is 32.1. The van der Waals surface area contributed by atoms with E-state index >= 15 is 0 Å². The minimum atomic E-state index is -0.390. The van der Waals surface area contributed by atoms with Crippen molar-refractivity contribution in [2.24, 2.45) is 0 Å². The van der Waals surface area contributed by atoms with Crippen molar-refractivity contribution in [1.82, 2.24) is 4.98 Å². The van der Waals surface area contributed by atoms with E-state index in [2.05, 4.69) is 4.98 Å². The minimum Gasteiger partial charge on any atom is -0.421 e. The first-order valence-electron chi connectivity index (χ1n) is 6.95. The standard InChI is InChI=1S/C18H10FNO2S/c19-13-6-3-5-12(8-13)17-20-15(10-23-17)16-9-11-4-1-2-7-14(11)18(21)22-16/h1-10H. The number of benzene rings is 2. The molecule has 0 fully saturated rings. The lowest BCUT2D eigenvalue weighted by Crippen LogP contribution is -1.99. The zero-order valence-corrected chi connectivity index (χ0v) is 12.6. The third-order valence-electron chi connectivity index (χ3n) is 3.50. The first-order chi connectivity index (χ1) is 11.2. The fourth-order valence-corrected chi connectivity index (χ4v) is 3.21. The number of hydrogen-bond donors (Lipinski definition) is 0. The smallest absolute Gasteiger partial charge is 0.344 e. The topological polar surface area (TPSA) is 43.1 Å². The van der Waals surface area contributed by atoms with Gasteiger partial charge in [-0.05, 0) is 29.7 Å². The normalized spacial score (nSPS) is 11.0. The molecule has 0 aliphatic carbocycles. The molecular weight excluding hydrogens is 313 g/mol. The Morgan fingerprint density at radius 3 is 2.78 bits per heavy atom. The van der Waals surface area contributed by atoms with Gasteiger partial charge in [0, 0.05) is 10.9 Å². The van der Waals surface area contributed by atoms with E-state index in [1.165, 1.54) is 23.5 Å². The molecule has 0 radical (unpaired) electrons. The number of rotatable bonds is 2. The van der Waals surface area contributed by atoms with Crippen LogP contribution in [0.4, 0.5) is 4.39 Å². The maximum Gasteiger partial charge on any atom is 0.344 e. The number of hydrogen-bond acceptors (Lipinski definition) is 4. The molecule has 0 aliphatic heterocycles. The van der Waals surface area contributed by atoms with Gasteiger partial charge in [-0.15, -0.1) is 11.3 Å². The maximum absolute atomic E-state index is 13.3. The van der Waals surface area contributed by atoms with Crippen molar-refractivity contribution in [2.45, 2.75) is 0 Å². The fraction of sp³-hybridized carbons (Fsp3) is 0. The van der Waals surface area contributed by atoms with Crippen LogP contribution in [0.5, 0.6) is 0 Å². The van der Waals surface area contributed by atoms with Gasteiger partial charge in [0.1, 0.15) is 16.5 Å². The van der Waals surface area contributed by atoms with Crippen LogP contribution in [-0.4, -0.2) is 4.98 Å². The molecule has 5 heteroatoms. The van der Waals surface area contributed by atoms with E-state index < -0.39 is 5.63 Å². The molecule has 0 atom stereocenters. The Morgan fingerprint density at radius 2 is 1.91 bits per heavy atom. The predicted octanol–water partition coefficient (Wildman–Crippen LogP) is 4.72. The zero-order valence-electron chi connectivity index (χ0n) is 11.8. The number of fused-ring (bicyclic) bond motifs is 1. The highest BCUT2D eigenvalue weighted by Crippen LogP contribution is 2.29. The maximum atomic E-state index is 13.3. The van der Waals surface area contributed by atoms with Crippen molar-refractivity contribution < 1.29 is 8.81 Å². The van der Waals surface area contributed by atoms with Crippen LogP contribution in [0.2, 0.25) is 0 Å². The quantitative estimate of drug-likeness (QED) is 0.536. The molecule has 0 spiro atoms. The van der Waals surface area contributed by atoms with Gasteiger partial charge in [0.05, 0.1) is 5.39 Å². The Balaban J connectivity index is 1.82. The number of thiazole rings is 1. The van der Waals surface area contributed by atoms with Gasteiger partial charge in [0.25, 0.3) is 0 Å². The van der Waals surface area contributed by atoms with Gasteiger partial charge in [0.15, 0.2) is 5.76 Å². The highest BCUT2D eigenvalue weighted by molar-refractivity contribution is 7.13. The van der Waals surface area contributed by atoms with Gasteiger partial charge in [-0.1, -0.05) is 30.3 Å². The van der Waals surface area contributed by atoms with Crippen molar-refractivity contribution in [1.29, 1.82) is 0 Å². The Labute approximate surface area is 134 Å². The second-order valence-corrected chi connectivity index (χ2v) is 5.89. The molecule has 23 heavy (non-hydrogen) atoms. The van der Waals surface area contributed by atoms with Crippen molar-refractivity contribution in [2.75, 3.05) is 0 Å². The fourth-order valence-electron chi connectivity index (χ4n) is 2.40. The van der Waals surface area contributed by atoms with Crippen LogP contribution < -0.4 is 5.63 Å². The van der Waals surface area contributed by atoms with Crippen LogP contribution in [0, 0.1) is 5.82 Å². The van der Waals surface area contributed by atoms with Crippen LogP contribution in [0.25, 0.3) is 32.8 Å². The summed E-state index contributed by atoms with van der Waals surface area (Å²) in [6, 6.07) is 15.3. The van der Waals surface area contributed by atoms with Crippen molar-refractivity contribution in [3.05, 3.63) is 76.2 Å². The molecule has 3 nitrogen and oxygen atoms in total. The van der Waals surface area contributed by atoms with Crippen LogP contribution >= 0.6 is 11.3 Å².